The minimum Gasteiger partial charge on any atom is -0.313 e. The lowest BCUT2D eigenvalue weighted by atomic mass is 10.2. The number of hydrogen-bond acceptors (Lipinski definition) is 3. The molecule has 0 unspecified atom stereocenters. The van der Waals surface area contributed by atoms with E-state index in [0.717, 1.165) is 19.5 Å². The van der Waals surface area contributed by atoms with Crippen molar-refractivity contribution in [3.05, 3.63) is 30.1 Å². The molecular formula is C11H16N2O. The van der Waals surface area contributed by atoms with Gasteiger partial charge in [0.15, 0.2) is 0 Å². The second-order valence-corrected chi connectivity index (χ2v) is 3.34. The summed E-state index contributed by atoms with van der Waals surface area (Å²) in [6, 6.07) is 3.96. The van der Waals surface area contributed by atoms with Crippen LogP contribution in [-0.2, 0) is 11.3 Å². The first kappa shape index (κ1) is 10.9. The van der Waals surface area contributed by atoms with E-state index in [2.05, 4.69) is 10.3 Å². The molecule has 1 N–H and O–H groups in total. The van der Waals surface area contributed by atoms with Crippen molar-refractivity contribution in [1.82, 2.24) is 10.3 Å². The Morgan fingerprint density at radius 2 is 2.43 bits per heavy atom. The molecule has 0 bridgehead atoms. The number of Topliss-reactive ketones (excluding diaryl/α,β-unsaturated/α-hetero) is 1. The summed E-state index contributed by atoms with van der Waals surface area (Å²) >= 11 is 0. The maximum Gasteiger partial charge on any atom is 0.129 e. The van der Waals surface area contributed by atoms with E-state index in [4.69, 9.17) is 0 Å². The molecule has 0 fully saturated rings. The van der Waals surface area contributed by atoms with Crippen molar-refractivity contribution < 1.29 is 4.79 Å². The van der Waals surface area contributed by atoms with Crippen LogP contribution >= 0.6 is 0 Å². The summed E-state index contributed by atoms with van der Waals surface area (Å²) in [6.07, 6.45) is 5.19. The number of aromatic nitrogens is 1. The van der Waals surface area contributed by atoms with Gasteiger partial charge in [-0.2, -0.15) is 0 Å². The number of nitrogens with one attached hydrogen (secondary N) is 1. The first-order valence-electron chi connectivity index (χ1n) is 4.88. The number of pyridine rings is 1. The van der Waals surface area contributed by atoms with Gasteiger partial charge in [-0.15, -0.1) is 0 Å². The lowest BCUT2D eigenvalue weighted by Gasteiger charge is -2.02. The van der Waals surface area contributed by atoms with E-state index in [0.29, 0.717) is 6.42 Å². The molecule has 0 amide bonds. The summed E-state index contributed by atoms with van der Waals surface area (Å²) in [5.41, 5.74) is 1.18. The first-order chi connectivity index (χ1) is 6.79. The average Bonchev–Trinajstić information content (AvgIpc) is 2.18. The lowest BCUT2D eigenvalue weighted by molar-refractivity contribution is -0.117. The first-order valence-corrected chi connectivity index (χ1v) is 4.88. The molecule has 0 radical (unpaired) electrons. The zero-order chi connectivity index (χ0) is 10.2. The van der Waals surface area contributed by atoms with Crippen molar-refractivity contribution in [2.45, 2.75) is 26.3 Å². The number of nitrogens with zero attached hydrogens (tertiary/aromatic N) is 1. The Morgan fingerprint density at radius 3 is 3.07 bits per heavy atom. The molecule has 76 valence electrons. The Hall–Kier alpha value is -1.22. The predicted molar refractivity (Wildman–Crippen MR) is 55.9 cm³/mol. The Labute approximate surface area is 84.6 Å². The van der Waals surface area contributed by atoms with Crippen molar-refractivity contribution in [2.75, 3.05) is 6.54 Å². The van der Waals surface area contributed by atoms with E-state index in [9.17, 15) is 4.79 Å². The normalized spacial score (nSPS) is 10.1. The highest BCUT2D eigenvalue weighted by Gasteiger charge is 1.94. The molecule has 0 aromatic carbocycles. The van der Waals surface area contributed by atoms with Crippen LogP contribution in [0.25, 0.3) is 0 Å². The molecule has 1 heterocycles. The average molecular weight is 192 g/mol. The molecule has 0 atom stereocenters. The van der Waals surface area contributed by atoms with Crippen LogP contribution in [-0.4, -0.2) is 17.3 Å². The second kappa shape index (κ2) is 6.27. The third kappa shape index (κ3) is 4.72. The monoisotopic (exact) mass is 192 g/mol. The smallest absolute Gasteiger partial charge is 0.129 e. The van der Waals surface area contributed by atoms with Crippen molar-refractivity contribution in [3.8, 4) is 0 Å². The van der Waals surface area contributed by atoms with Crippen LogP contribution in [0.2, 0.25) is 0 Å². The fraction of sp³-hybridized carbons (Fsp3) is 0.455. The molecule has 14 heavy (non-hydrogen) atoms. The van der Waals surface area contributed by atoms with Gasteiger partial charge in [0.2, 0.25) is 0 Å². The summed E-state index contributed by atoms with van der Waals surface area (Å²) in [6.45, 7) is 3.33. The van der Waals surface area contributed by atoms with Gasteiger partial charge < -0.3 is 10.1 Å². The van der Waals surface area contributed by atoms with Crippen molar-refractivity contribution in [2.24, 2.45) is 0 Å². The van der Waals surface area contributed by atoms with Gasteiger partial charge in [-0.25, -0.2) is 0 Å². The summed E-state index contributed by atoms with van der Waals surface area (Å²) in [7, 11) is 0. The topological polar surface area (TPSA) is 42.0 Å². The standard InChI is InChI=1S/C11H16N2O/c1-10(14)4-2-6-12-8-11-5-3-7-13-9-11/h3,5,7,9,12H,2,4,6,8H2,1H3. The van der Waals surface area contributed by atoms with E-state index < -0.39 is 0 Å². The molecule has 1 rings (SSSR count). The van der Waals surface area contributed by atoms with Gasteiger partial charge in [0.1, 0.15) is 5.78 Å². The van der Waals surface area contributed by atoms with Gasteiger partial charge in [0.05, 0.1) is 0 Å². The van der Waals surface area contributed by atoms with Gasteiger partial charge in [0.25, 0.3) is 0 Å². The van der Waals surface area contributed by atoms with Gasteiger partial charge in [-0.05, 0) is 31.5 Å². The third-order valence-electron chi connectivity index (χ3n) is 1.93. The highest BCUT2D eigenvalue weighted by Crippen LogP contribution is 1.95. The van der Waals surface area contributed by atoms with Crippen LogP contribution in [0.15, 0.2) is 24.5 Å². The quantitative estimate of drug-likeness (QED) is 0.695. The van der Waals surface area contributed by atoms with E-state index in [1.54, 1.807) is 13.1 Å². The van der Waals surface area contributed by atoms with Gasteiger partial charge in [0, 0.05) is 25.4 Å². The third-order valence-corrected chi connectivity index (χ3v) is 1.93. The maximum absolute atomic E-state index is 10.6. The molecule has 0 aliphatic carbocycles. The minimum absolute atomic E-state index is 0.258. The van der Waals surface area contributed by atoms with Crippen LogP contribution in [0.4, 0.5) is 0 Å². The van der Waals surface area contributed by atoms with Crippen LogP contribution in [0, 0.1) is 0 Å². The molecule has 0 saturated heterocycles. The van der Waals surface area contributed by atoms with Crippen LogP contribution in [0.3, 0.4) is 0 Å². The van der Waals surface area contributed by atoms with E-state index >= 15 is 0 Å². The summed E-state index contributed by atoms with van der Waals surface area (Å²) in [5, 5.41) is 3.26. The number of carbonyl (C=O) groups excluding carboxylic acids is 1. The lowest BCUT2D eigenvalue weighted by Crippen LogP contribution is -2.15. The number of carbonyl (C=O) groups is 1. The van der Waals surface area contributed by atoms with Gasteiger partial charge in [-0.1, -0.05) is 6.07 Å². The zero-order valence-electron chi connectivity index (χ0n) is 8.49. The SMILES string of the molecule is CC(=O)CCCNCc1cccnc1. The highest BCUT2D eigenvalue weighted by atomic mass is 16.1. The summed E-state index contributed by atoms with van der Waals surface area (Å²) in [4.78, 5) is 14.7. The fourth-order valence-corrected chi connectivity index (χ4v) is 1.20. The number of rotatable bonds is 6. The molecule has 1 aromatic heterocycles. The van der Waals surface area contributed by atoms with Crippen LogP contribution < -0.4 is 5.32 Å². The van der Waals surface area contributed by atoms with Crippen molar-refractivity contribution >= 4 is 5.78 Å². The molecule has 3 nitrogen and oxygen atoms in total. The highest BCUT2D eigenvalue weighted by molar-refractivity contribution is 5.75. The van der Waals surface area contributed by atoms with E-state index in [1.165, 1.54) is 5.56 Å². The minimum atomic E-state index is 0.258. The number of ketones is 1. The van der Waals surface area contributed by atoms with Gasteiger partial charge >= 0.3 is 0 Å². The molecule has 3 heteroatoms. The van der Waals surface area contributed by atoms with Gasteiger partial charge in [-0.3, -0.25) is 4.98 Å². The van der Waals surface area contributed by atoms with E-state index in [1.807, 2.05) is 18.3 Å². The Bertz CT molecular complexity index is 272. The molecule has 0 spiro atoms. The van der Waals surface area contributed by atoms with Crippen LogP contribution in [0.5, 0.6) is 0 Å². The van der Waals surface area contributed by atoms with E-state index in [-0.39, 0.29) is 5.78 Å². The summed E-state index contributed by atoms with van der Waals surface area (Å²) < 4.78 is 0. The molecule has 0 saturated carbocycles. The Balaban J connectivity index is 2.08. The Kier molecular flexibility index (Phi) is 4.86. The molecular weight excluding hydrogens is 176 g/mol. The number of hydrogen-bond donors (Lipinski definition) is 1. The molecule has 0 aliphatic rings. The van der Waals surface area contributed by atoms with Crippen LogP contribution in [0.1, 0.15) is 25.3 Å². The largest absolute Gasteiger partial charge is 0.313 e. The zero-order valence-corrected chi connectivity index (χ0v) is 8.49. The summed E-state index contributed by atoms with van der Waals surface area (Å²) in [5.74, 6) is 0.258. The molecule has 0 aliphatic heterocycles. The van der Waals surface area contributed by atoms with Crippen molar-refractivity contribution in [1.29, 1.82) is 0 Å². The molecule has 1 aromatic rings. The Morgan fingerprint density at radius 1 is 1.57 bits per heavy atom. The van der Waals surface area contributed by atoms with Crippen molar-refractivity contribution in [3.63, 3.8) is 0 Å². The second-order valence-electron chi connectivity index (χ2n) is 3.34. The maximum atomic E-state index is 10.6. The predicted octanol–water partition coefficient (Wildman–Crippen LogP) is 1.54. The fourth-order valence-electron chi connectivity index (χ4n) is 1.20.